The Bertz CT molecular complexity index is 553. The van der Waals surface area contributed by atoms with Crippen molar-refractivity contribution in [3.05, 3.63) is 35.1 Å². The number of aliphatic hydroxyl groups is 2. The normalized spacial score (nSPS) is 14.7. The Morgan fingerprint density at radius 2 is 2.06 bits per heavy atom. The van der Waals surface area contributed by atoms with E-state index in [0.717, 1.165) is 0 Å². The van der Waals surface area contributed by atoms with Gasteiger partial charge in [0.05, 0.1) is 23.3 Å². The lowest BCUT2D eigenvalue weighted by atomic mass is 10.0. The third-order valence-electron chi connectivity index (χ3n) is 2.67. The lowest BCUT2D eigenvalue weighted by Crippen LogP contribution is -2.18. The minimum Gasteiger partial charge on any atom is -0.390 e. The molecule has 96 valence electrons. The molecule has 0 aliphatic carbocycles. The van der Waals surface area contributed by atoms with Gasteiger partial charge in [-0.15, -0.1) is 0 Å². The van der Waals surface area contributed by atoms with E-state index in [2.05, 4.69) is 22.6 Å². The number of thiol groups is 1. The Kier molecular flexibility index (Phi) is 4.40. The summed E-state index contributed by atoms with van der Waals surface area (Å²) in [6.07, 6.45) is 0.0913. The van der Waals surface area contributed by atoms with Gasteiger partial charge in [0.15, 0.2) is 0 Å². The SMILES string of the molecule is OC(CCS)C(O)c1ccc2ncc(Cl)nc2c1. The van der Waals surface area contributed by atoms with E-state index >= 15 is 0 Å². The van der Waals surface area contributed by atoms with Gasteiger partial charge in [-0.25, -0.2) is 4.98 Å². The fourth-order valence-corrected chi connectivity index (χ4v) is 2.11. The van der Waals surface area contributed by atoms with Crippen LogP contribution in [0.2, 0.25) is 5.15 Å². The van der Waals surface area contributed by atoms with Gasteiger partial charge in [0.25, 0.3) is 0 Å². The minimum atomic E-state index is -0.956. The Morgan fingerprint density at radius 1 is 1.28 bits per heavy atom. The zero-order chi connectivity index (χ0) is 13.1. The smallest absolute Gasteiger partial charge is 0.148 e. The zero-order valence-electron chi connectivity index (χ0n) is 9.49. The van der Waals surface area contributed by atoms with Crippen LogP contribution in [0.4, 0.5) is 0 Å². The van der Waals surface area contributed by atoms with E-state index in [0.29, 0.717) is 33.9 Å². The number of aromatic nitrogens is 2. The summed E-state index contributed by atoms with van der Waals surface area (Å²) in [7, 11) is 0. The first kappa shape index (κ1) is 13.5. The van der Waals surface area contributed by atoms with Gasteiger partial charge >= 0.3 is 0 Å². The molecule has 0 fully saturated rings. The second kappa shape index (κ2) is 5.84. The quantitative estimate of drug-likeness (QED) is 0.751. The van der Waals surface area contributed by atoms with Crippen LogP contribution in [-0.4, -0.2) is 32.0 Å². The van der Waals surface area contributed by atoms with Crippen LogP contribution in [0.15, 0.2) is 24.4 Å². The summed E-state index contributed by atoms with van der Waals surface area (Å²) in [5.74, 6) is 0.511. The van der Waals surface area contributed by atoms with Crippen molar-refractivity contribution in [2.24, 2.45) is 0 Å². The molecule has 0 amide bonds. The van der Waals surface area contributed by atoms with E-state index in [4.69, 9.17) is 11.6 Å². The molecule has 0 aliphatic heterocycles. The molecule has 2 aromatic rings. The highest BCUT2D eigenvalue weighted by Crippen LogP contribution is 2.23. The van der Waals surface area contributed by atoms with Gasteiger partial charge in [-0.2, -0.15) is 12.6 Å². The molecule has 2 N–H and O–H groups in total. The van der Waals surface area contributed by atoms with Crippen molar-refractivity contribution in [3.8, 4) is 0 Å². The first-order chi connectivity index (χ1) is 8.61. The van der Waals surface area contributed by atoms with Gasteiger partial charge in [0, 0.05) is 0 Å². The maximum atomic E-state index is 9.98. The standard InChI is InChI=1S/C12H13ClN2O2S/c13-11-6-14-8-2-1-7(5-9(8)15-11)12(17)10(16)3-4-18/h1-2,5-6,10,12,16-18H,3-4H2. The van der Waals surface area contributed by atoms with Gasteiger partial charge in [0.1, 0.15) is 11.3 Å². The second-order valence-electron chi connectivity index (χ2n) is 3.97. The molecule has 18 heavy (non-hydrogen) atoms. The molecule has 6 heteroatoms. The molecule has 0 bridgehead atoms. The van der Waals surface area contributed by atoms with E-state index < -0.39 is 12.2 Å². The van der Waals surface area contributed by atoms with E-state index in [1.54, 1.807) is 18.2 Å². The lowest BCUT2D eigenvalue weighted by molar-refractivity contribution is 0.0173. The number of nitrogens with zero attached hydrogens (tertiary/aromatic N) is 2. The molecule has 0 saturated heterocycles. The van der Waals surface area contributed by atoms with Gasteiger partial charge in [-0.05, 0) is 29.9 Å². The van der Waals surface area contributed by atoms with Crippen molar-refractivity contribution >= 4 is 35.3 Å². The van der Waals surface area contributed by atoms with Crippen molar-refractivity contribution in [3.63, 3.8) is 0 Å². The van der Waals surface area contributed by atoms with Crippen molar-refractivity contribution in [2.45, 2.75) is 18.6 Å². The molecule has 2 unspecified atom stereocenters. The largest absolute Gasteiger partial charge is 0.390 e. The van der Waals surface area contributed by atoms with Gasteiger partial charge < -0.3 is 10.2 Å². The van der Waals surface area contributed by atoms with Crippen LogP contribution < -0.4 is 0 Å². The molecule has 2 rings (SSSR count). The number of aliphatic hydroxyl groups excluding tert-OH is 2. The summed E-state index contributed by atoms with van der Waals surface area (Å²) in [6, 6.07) is 5.14. The maximum absolute atomic E-state index is 9.98. The van der Waals surface area contributed by atoms with Crippen molar-refractivity contribution < 1.29 is 10.2 Å². The summed E-state index contributed by atoms with van der Waals surface area (Å²) in [5, 5.41) is 20.0. The van der Waals surface area contributed by atoms with E-state index in [9.17, 15) is 10.2 Å². The average Bonchev–Trinajstić information content (AvgIpc) is 2.37. The van der Waals surface area contributed by atoms with Crippen LogP contribution in [0.25, 0.3) is 11.0 Å². The molecule has 0 spiro atoms. The first-order valence-electron chi connectivity index (χ1n) is 5.51. The average molecular weight is 285 g/mol. The molecular weight excluding hydrogens is 272 g/mol. The summed E-state index contributed by atoms with van der Waals surface area (Å²) in [4.78, 5) is 8.23. The maximum Gasteiger partial charge on any atom is 0.148 e. The summed E-state index contributed by atoms with van der Waals surface area (Å²) < 4.78 is 0. The van der Waals surface area contributed by atoms with Crippen LogP contribution in [0.3, 0.4) is 0 Å². The fourth-order valence-electron chi connectivity index (χ4n) is 1.70. The molecular formula is C12H13ClN2O2S. The van der Waals surface area contributed by atoms with Crippen LogP contribution >= 0.6 is 24.2 Å². The van der Waals surface area contributed by atoms with E-state index in [1.165, 1.54) is 6.20 Å². The topological polar surface area (TPSA) is 66.2 Å². The Balaban J connectivity index is 2.34. The number of benzene rings is 1. The molecule has 0 saturated carbocycles. The van der Waals surface area contributed by atoms with Crippen LogP contribution in [0, 0.1) is 0 Å². The number of fused-ring (bicyclic) bond motifs is 1. The predicted octanol–water partition coefficient (Wildman–Crippen LogP) is 2.00. The monoisotopic (exact) mass is 284 g/mol. The third kappa shape index (κ3) is 2.92. The number of hydrogen-bond acceptors (Lipinski definition) is 5. The summed E-state index contributed by atoms with van der Waals surface area (Å²) >= 11 is 9.80. The first-order valence-corrected chi connectivity index (χ1v) is 6.52. The summed E-state index contributed by atoms with van der Waals surface area (Å²) in [6.45, 7) is 0. The molecule has 2 atom stereocenters. The highest BCUT2D eigenvalue weighted by atomic mass is 35.5. The van der Waals surface area contributed by atoms with Crippen LogP contribution in [0.1, 0.15) is 18.1 Å². The molecule has 0 aliphatic rings. The number of hydrogen-bond donors (Lipinski definition) is 3. The lowest BCUT2D eigenvalue weighted by Gasteiger charge is -2.17. The minimum absolute atomic E-state index is 0.296. The summed E-state index contributed by atoms with van der Waals surface area (Å²) in [5.41, 5.74) is 1.88. The van der Waals surface area contributed by atoms with Crippen molar-refractivity contribution in [1.82, 2.24) is 9.97 Å². The predicted molar refractivity (Wildman–Crippen MR) is 74.0 cm³/mol. The molecule has 4 nitrogen and oxygen atoms in total. The highest BCUT2D eigenvalue weighted by Gasteiger charge is 2.18. The Labute approximate surface area is 115 Å². The van der Waals surface area contributed by atoms with Crippen LogP contribution in [-0.2, 0) is 0 Å². The van der Waals surface area contributed by atoms with Crippen molar-refractivity contribution in [2.75, 3.05) is 5.75 Å². The van der Waals surface area contributed by atoms with Gasteiger partial charge in [-0.3, -0.25) is 4.98 Å². The molecule has 1 aromatic heterocycles. The highest BCUT2D eigenvalue weighted by molar-refractivity contribution is 7.80. The third-order valence-corrected chi connectivity index (χ3v) is 3.11. The fraction of sp³-hybridized carbons (Fsp3) is 0.333. The second-order valence-corrected chi connectivity index (χ2v) is 4.80. The van der Waals surface area contributed by atoms with Gasteiger partial charge in [0.2, 0.25) is 0 Å². The zero-order valence-corrected chi connectivity index (χ0v) is 11.1. The van der Waals surface area contributed by atoms with E-state index in [1.807, 2.05) is 0 Å². The number of halogens is 1. The Hall–Kier alpha value is -0.880. The van der Waals surface area contributed by atoms with Gasteiger partial charge in [-0.1, -0.05) is 17.7 Å². The molecule has 1 heterocycles. The van der Waals surface area contributed by atoms with Crippen molar-refractivity contribution in [1.29, 1.82) is 0 Å². The van der Waals surface area contributed by atoms with Crippen LogP contribution in [0.5, 0.6) is 0 Å². The Morgan fingerprint density at radius 3 is 2.78 bits per heavy atom. The number of rotatable bonds is 4. The van der Waals surface area contributed by atoms with E-state index in [-0.39, 0.29) is 0 Å². The molecule has 0 radical (unpaired) electrons. The molecule has 1 aromatic carbocycles.